The molecule has 0 radical (unpaired) electrons. The Hall–Kier alpha value is -1.61. The Balaban J connectivity index is 1.84. The number of urea groups is 1. The summed E-state index contributed by atoms with van der Waals surface area (Å²) in [5.41, 5.74) is 1.33. The highest BCUT2D eigenvalue weighted by atomic mass is 35.5. The number of hydrogen-bond donors (Lipinski definition) is 3. The van der Waals surface area contributed by atoms with Crippen molar-refractivity contribution < 1.29 is 18.3 Å². The lowest BCUT2D eigenvalue weighted by molar-refractivity contribution is 0.155. The number of amides is 2. The van der Waals surface area contributed by atoms with Gasteiger partial charge in [0.05, 0.1) is 5.60 Å². The Morgan fingerprint density at radius 1 is 1.14 bits per heavy atom. The minimum absolute atomic E-state index is 0.00718. The van der Waals surface area contributed by atoms with E-state index in [2.05, 4.69) is 10.0 Å². The number of thiophene rings is 1. The molecule has 0 saturated heterocycles. The number of nitrogens with one attached hydrogen (secondary N) is 2. The molecule has 1 aromatic heterocycles. The summed E-state index contributed by atoms with van der Waals surface area (Å²) < 4.78 is 27.3. The van der Waals surface area contributed by atoms with E-state index in [1.54, 1.807) is 18.2 Å². The fourth-order valence-electron chi connectivity index (χ4n) is 3.10. The number of carbonyl (C=O) groups excluding carboxylic acids is 1. The van der Waals surface area contributed by atoms with Crippen molar-refractivity contribution >= 4 is 44.7 Å². The SMILES string of the molecule is CC(C)c1cc(Cl)cc(C(C)C)c1NC(=O)NS(=O)(=O)c1ccc(C2(O)CC2)s1. The molecule has 0 bridgehead atoms. The second-order valence-electron chi connectivity index (χ2n) is 7.98. The van der Waals surface area contributed by atoms with Gasteiger partial charge in [-0.3, -0.25) is 0 Å². The maximum Gasteiger partial charge on any atom is 0.333 e. The summed E-state index contributed by atoms with van der Waals surface area (Å²) in [6, 6.07) is 5.73. The van der Waals surface area contributed by atoms with Crippen LogP contribution in [0.5, 0.6) is 0 Å². The van der Waals surface area contributed by atoms with Crippen LogP contribution in [0.3, 0.4) is 0 Å². The van der Waals surface area contributed by atoms with Crippen LogP contribution in [0.4, 0.5) is 10.5 Å². The molecule has 9 heteroatoms. The maximum atomic E-state index is 12.6. The first-order chi connectivity index (χ1) is 13.4. The number of rotatable bonds is 6. The van der Waals surface area contributed by atoms with Crippen LogP contribution in [-0.2, 0) is 15.6 Å². The highest BCUT2D eigenvalue weighted by molar-refractivity contribution is 7.92. The van der Waals surface area contributed by atoms with Crippen LogP contribution in [0.2, 0.25) is 5.02 Å². The van der Waals surface area contributed by atoms with Crippen LogP contribution < -0.4 is 10.0 Å². The lowest BCUT2D eigenvalue weighted by Gasteiger charge is -2.21. The van der Waals surface area contributed by atoms with Crippen LogP contribution >= 0.6 is 22.9 Å². The number of halogens is 1. The summed E-state index contributed by atoms with van der Waals surface area (Å²) in [7, 11) is -4.05. The Kier molecular flexibility index (Phi) is 6.02. The van der Waals surface area contributed by atoms with E-state index in [1.807, 2.05) is 27.7 Å². The molecule has 0 aliphatic heterocycles. The summed E-state index contributed by atoms with van der Waals surface area (Å²) in [5.74, 6) is 0.162. The minimum Gasteiger partial charge on any atom is -0.384 e. The number of hydrogen-bond acceptors (Lipinski definition) is 5. The zero-order chi connectivity index (χ0) is 21.6. The Labute approximate surface area is 180 Å². The third kappa shape index (κ3) is 4.77. The van der Waals surface area contributed by atoms with Gasteiger partial charge in [0.2, 0.25) is 0 Å². The zero-order valence-corrected chi connectivity index (χ0v) is 19.1. The van der Waals surface area contributed by atoms with Gasteiger partial charge in [-0.15, -0.1) is 11.3 Å². The predicted molar refractivity (Wildman–Crippen MR) is 116 cm³/mol. The number of benzene rings is 1. The summed E-state index contributed by atoms with van der Waals surface area (Å²) in [4.78, 5) is 13.2. The molecule has 0 unspecified atom stereocenters. The topological polar surface area (TPSA) is 95.5 Å². The van der Waals surface area contributed by atoms with E-state index in [0.29, 0.717) is 28.4 Å². The van der Waals surface area contributed by atoms with Gasteiger partial charge in [-0.2, -0.15) is 0 Å². The molecule has 1 fully saturated rings. The lowest BCUT2D eigenvalue weighted by Crippen LogP contribution is -2.34. The van der Waals surface area contributed by atoms with Crippen molar-refractivity contribution in [1.82, 2.24) is 4.72 Å². The van der Waals surface area contributed by atoms with Gasteiger partial charge in [-0.05, 0) is 60.1 Å². The quantitative estimate of drug-likeness (QED) is 0.560. The van der Waals surface area contributed by atoms with E-state index in [0.717, 1.165) is 22.5 Å². The van der Waals surface area contributed by atoms with E-state index in [4.69, 9.17) is 11.6 Å². The van der Waals surface area contributed by atoms with Crippen molar-refractivity contribution in [3.8, 4) is 0 Å². The Morgan fingerprint density at radius 3 is 2.17 bits per heavy atom. The Bertz CT molecular complexity index is 1010. The van der Waals surface area contributed by atoms with Crippen LogP contribution in [0, 0.1) is 0 Å². The van der Waals surface area contributed by atoms with Crippen LogP contribution in [0.1, 0.15) is 68.4 Å². The van der Waals surface area contributed by atoms with Gasteiger partial charge in [-0.25, -0.2) is 17.9 Å². The number of carbonyl (C=O) groups is 1. The van der Waals surface area contributed by atoms with Crippen molar-refractivity contribution in [2.75, 3.05) is 5.32 Å². The molecule has 1 aromatic carbocycles. The number of aliphatic hydroxyl groups is 1. The van der Waals surface area contributed by atoms with Gasteiger partial charge >= 0.3 is 6.03 Å². The molecule has 2 aromatic rings. The first kappa shape index (κ1) is 22.1. The molecule has 3 rings (SSSR count). The van der Waals surface area contributed by atoms with E-state index < -0.39 is 21.7 Å². The number of anilines is 1. The van der Waals surface area contributed by atoms with Crippen molar-refractivity contribution in [3.63, 3.8) is 0 Å². The van der Waals surface area contributed by atoms with E-state index in [1.165, 1.54) is 6.07 Å². The summed E-state index contributed by atoms with van der Waals surface area (Å²) in [6.45, 7) is 7.91. The second kappa shape index (κ2) is 7.91. The van der Waals surface area contributed by atoms with Gasteiger partial charge in [0.25, 0.3) is 10.0 Å². The fraction of sp³-hybridized carbons (Fsp3) is 0.450. The lowest BCUT2D eigenvalue weighted by atomic mass is 9.92. The van der Waals surface area contributed by atoms with Crippen molar-refractivity contribution in [3.05, 3.63) is 45.3 Å². The van der Waals surface area contributed by atoms with Crippen molar-refractivity contribution in [1.29, 1.82) is 0 Å². The molecular weight excluding hydrogens is 432 g/mol. The molecule has 1 aliphatic rings. The zero-order valence-electron chi connectivity index (χ0n) is 16.7. The molecule has 1 heterocycles. The Morgan fingerprint density at radius 2 is 1.69 bits per heavy atom. The molecule has 158 valence electrons. The molecule has 3 N–H and O–H groups in total. The van der Waals surface area contributed by atoms with Gasteiger partial charge in [-0.1, -0.05) is 39.3 Å². The largest absolute Gasteiger partial charge is 0.384 e. The molecule has 1 saturated carbocycles. The van der Waals surface area contributed by atoms with Crippen molar-refractivity contribution in [2.24, 2.45) is 0 Å². The highest BCUT2D eigenvalue weighted by Crippen LogP contribution is 2.48. The van der Waals surface area contributed by atoms with E-state index >= 15 is 0 Å². The smallest absolute Gasteiger partial charge is 0.333 e. The first-order valence-corrected chi connectivity index (χ1v) is 12.1. The molecule has 0 spiro atoms. The molecule has 29 heavy (non-hydrogen) atoms. The standard InChI is InChI=1S/C20H25ClN2O4S2/c1-11(2)14-9-13(21)10-15(12(3)4)18(14)22-19(24)23-29(26,27)17-6-5-16(28-17)20(25)7-8-20/h5-6,9-12,25H,7-8H2,1-4H3,(H2,22,23,24). The monoisotopic (exact) mass is 456 g/mol. The van der Waals surface area contributed by atoms with Gasteiger partial charge in [0.15, 0.2) is 0 Å². The third-order valence-corrected chi connectivity index (χ3v) is 8.22. The molecule has 2 amide bonds. The molecule has 1 aliphatic carbocycles. The van der Waals surface area contributed by atoms with Crippen LogP contribution in [0.15, 0.2) is 28.5 Å². The highest BCUT2D eigenvalue weighted by Gasteiger charge is 2.44. The first-order valence-electron chi connectivity index (χ1n) is 9.43. The normalized spacial score (nSPS) is 15.6. The predicted octanol–water partition coefficient (Wildman–Crippen LogP) is 5.14. The second-order valence-corrected chi connectivity index (χ2v) is 11.4. The maximum absolute atomic E-state index is 12.6. The number of sulfonamides is 1. The third-order valence-electron chi connectivity index (χ3n) is 4.90. The molecular formula is C20H25ClN2O4S2. The van der Waals surface area contributed by atoms with Crippen LogP contribution in [-0.4, -0.2) is 19.6 Å². The minimum atomic E-state index is -4.05. The van der Waals surface area contributed by atoms with E-state index in [-0.39, 0.29) is 16.0 Å². The van der Waals surface area contributed by atoms with Gasteiger partial charge in [0.1, 0.15) is 4.21 Å². The van der Waals surface area contributed by atoms with Gasteiger partial charge in [0, 0.05) is 15.6 Å². The fourth-order valence-corrected chi connectivity index (χ4v) is 5.69. The average molecular weight is 457 g/mol. The van der Waals surface area contributed by atoms with E-state index in [9.17, 15) is 18.3 Å². The van der Waals surface area contributed by atoms with Crippen molar-refractivity contribution in [2.45, 2.75) is 62.2 Å². The summed E-state index contributed by atoms with van der Waals surface area (Å²) in [5, 5.41) is 13.4. The van der Waals surface area contributed by atoms with Gasteiger partial charge < -0.3 is 10.4 Å². The van der Waals surface area contributed by atoms with Crippen LogP contribution in [0.25, 0.3) is 0 Å². The summed E-state index contributed by atoms with van der Waals surface area (Å²) >= 11 is 7.21. The summed E-state index contributed by atoms with van der Waals surface area (Å²) in [6.07, 6.45) is 1.24. The average Bonchev–Trinajstić information content (AvgIpc) is 3.15. The molecule has 0 atom stereocenters. The molecule has 6 nitrogen and oxygen atoms in total.